The average Bonchev–Trinajstić information content (AvgIpc) is 2.89. The lowest BCUT2D eigenvalue weighted by atomic mass is 10.1. The predicted molar refractivity (Wildman–Crippen MR) is 65.5 cm³/mol. The Balaban J connectivity index is 2.28. The third-order valence-corrected chi connectivity index (χ3v) is 2.85. The van der Waals surface area contributed by atoms with Gasteiger partial charge in [-0.3, -0.25) is 0 Å². The van der Waals surface area contributed by atoms with Crippen LogP contribution in [-0.2, 0) is 4.74 Å². The largest absolute Gasteiger partial charge is 0.463 e. The van der Waals surface area contributed by atoms with Gasteiger partial charge in [-0.15, -0.1) is 0 Å². The number of methoxy groups -OCH3 is 1. The second-order valence-electron chi connectivity index (χ2n) is 3.77. The fourth-order valence-corrected chi connectivity index (χ4v) is 1.67. The Morgan fingerprint density at radius 1 is 1.42 bits per heavy atom. The Kier molecular flexibility index (Phi) is 3.87. The maximum absolute atomic E-state index is 13.3. The fourth-order valence-electron chi connectivity index (χ4n) is 1.56. The fraction of sp³-hybridized carbons (Fsp3) is 0.154. The minimum atomic E-state index is -1.19. The maximum Gasteiger partial charge on any atom is 0.373 e. The van der Waals surface area contributed by atoms with Gasteiger partial charge in [-0.1, -0.05) is 17.7 Å². The van der Waals surface area contributed by atoms with Gasteiger partial charge in [-0.05, 0) is 29.8 Å². The van der Waals surface area contributed by atoms with Crippen LogP contribution in [0, 0.1) is 5.82 Å². The molecule has 1 atom stereocenters. The summed E-state index contributed by atoms with van der Waals surface area (Å²) in [6.45, 7) is 0. The SMILES string of the molecule is COC(=O)c1ccc(C(O)c2ccc(Cl)c(F)c2)o1. The lowest BCUT2D eigenvalue weighted by molar-refractivity contribution is 0.0558. The molecule has 4 nitrogen and oxygen atoms in total. The summed E-state index contributed by atoms with van der Waals surface area (Å²) < 4.78 is 22.9. The summed E-state index contributed by atoms with van der Waals surface area (Å²) in [5.74, 6) is -1.22. The molecular weight excluding hydrogens is 275 g/mol. The lowest BCUT2D eigenvalue weighted by Gasteiger charge is -2.08. The monoisotopic (exact) mass is 284 g/mol. The van der Waals surface area contributed by atoms with Gasteiger partial charge in [0.1, 0.15) is 17.7 Å². The van der Waals surface area contributed by atoms with Crippen molar-refractivity contribution in [3.8, 4) is 0 Å². The van der Waals surface area contributed by atoms with Crippen LogP contribution in [-0.4, -0.2) is 18.2 Å². The molecule has 0 aliphatic heterocycles. The number of aliphatic hydroxyl groups excluding tert-OH is 1. The molecule has 0 saturated carbocycles. The summed E-state index contributed by atoms with van der Waals surface area (Å²) in [7, 11) is 1.22. The van der Waals surface area contributed by atoms with Crippen molar-refractivity contribution >= 4 is 17.6 Å². The molecule has 1 heterocycles. The van der Waals surface area contributed by atoms with Gasteiger partial charge in [0, 0.05) is 0 Å². The molecule has 100 valence electrons. The van der Waals surface area contributed by atoms with Crippen molar-refractivity contribution in [1.29, 1.82) is 0 Å². The molecule has 19 heavy (non-hydrogen) atoms. The summed E-state index contributed by atoms with van der Waals surface area (Å²) in [6.07, 6.45) is -1.19. The Hall–Kier alpha value is -1.85. The molecule has 2 rings (SSSR count). The molecule has 0 aliphatic carbocycles. The number of ether oxygens (including phenoxy) is 1. The molecule has 0 fully saturated rings. The quantitative estimate of drug-likeness (QED) is 0.880. The third-order valence-electron chi connectivity index (χ3n) is 2.54. The van der Waals surface area contributed by atoms with Crippen molar-refractivity contribution in [2.24, 2.45) is 0 Å². The Morgan fingerprint density at radius 3 is 2.79 bits per heavy atom. The first-order chi connectivity index (χ1) is 9.02. The number of carbonyl (C=O) groups excluding carboxylic acids is 1. The number of hydrogen-bond donors (Lipinski definition) is 1. The first-order valence-electron chi connectivity index (χ1n) is 5.34. The molecule has 0 bridgehead atoms. The van der Waals surface area contributed by atoms with Crippen LogP contribution in [0.25, 0.3) is 0 Å². The van der Waals surface area contributed by atoms with Gasteiger partial charge >= 0.3 is 5.97 Å². The van der Waals surface area contributed by atoms with Crippen molar-refractivity contribution < 1.29 is 23.4 Å². The van der Waals surface area contributed by atoms with Gasteiger partial charge < -0.3 is 14.3 Å². The minimum Gasteiger partial charge on any atom is -0.463 e. The molecule has 0 amide bonds. The van der Waals surface area contributed by atoms with Crippen molar-refractivity contribution in [2.75, 3.05) is 7.11 Å². The van der Waals surface area contributed by atoms with E-state index in [2.05, 4.69) is 4.74 Å². The van der Waals surface area contributed by atoms with E-state index in [9.17, 15) is 14.3 Å². The van der Waals surface area contributed by atoms with Crippen molar-refractivity contribution in [1.82, 2.24) is 0 Å². The summed E-state index contributed by atoms with van der Waals surface area (Å²) in [5.41, 5.74) is 0.271. The molecule has 1 unspecified atom stereocenters. The molecular formula is C13H10ClFO4. The molecule has 1 aromatic heterocycles. The molecule has 0 radical (unpaired) electrons. The molecule has 1 N–H and O–H groups in total. The van der Waals surface area contributed by atoms with Crippen LogP contribution in [0.3, 0.4) is 0 Å². The maximum atomic E-state index is 13.3. The third kappa shape index (κ3) is 2.77. The van der Waals surface area contributed by atoms with Crippen molar-refractivity contribution in [3.05, 3.63) is 58.3 Å². The number of hydrogen-bond acceptors (Lipinski definition) is 4. The standard InChI is InChI=1S/C13H10ClFO4/c1-18-13(17)11-5-4-10(19-11)12(16)7-2-3-8(14)9(15)6-7/h2-6,12,16H,1H3. The highest BCUT2D eigenvalue weighted by Gasteiger charge is 2.19. The number of esters is 1. The predicted octanol–water partition coefficient (Wildman–Crippen LogP) is 2.94. The average molecular weight is 285 g/mol. The second-order valence-corrected chi connectivity index (χ2v) is 4.18. The number of furan rings is 1. The molecule has 1 aromatic carbocycles. The zero-order valence-electron chi connectivity index (χ0n) is 9.89. The van der Waals surface area contributed by atoms with E-state index in [0.29, 0.717) is 0 Å². The number of rotatable bonds is 3. The van der Waals surface area contributed by atoms with Gasteiger partial charge in [0.25, 0.3) is 0 Å². The number of carbonyl (C=O) groups is 1. The molecule has 2 aromatic rings. The summed E-state index contributed by atoms with van der Waals surface area (Å²) in [4.78, 5) is 11.2. The van der Waals surface area contributed by atoms with E-state index in [0.717, 1.165) is 6.07 Å². The first-order valence-corrected chi connectivity index (χ1v) is 5.71. The summed E-state index contributed by atoms with van der Waals surface area (Å²) >= 11 is 5.55. The number of aliphatic hydroxyl groups is 1. The highest BCUT2D eigenvalue weighted by Crippen LogP contribution is 2.26. The van der Waals surface area contributed by atoms with Crippen LogP contribution >= 0.6 is 11.6 Å². The first kappa shape index (κ1) is 13.6. The van der Waals surface area contributed by atoms with E-state index in [1.165, 1.54) is 31.4 Å². The summed E-state index contributed by atoms with van der Waals surface area (Å²) in [6, 6.07) is 6.70. The van der Waals surface area contributed by atoms with Gasteiger partial charge in [-0.25, -0.2) is 9.18 Å². The van der Waals surface area contributed by atoms with Gasteiger partial charge in [0.05, 0.1) is 12.1 Å². The normalized spacial score (nSPS) is 12.2. The van der Waals surface area contributed by atoms with Crippen LogP contribution in [0.15, 0.2) is 34.7 Å². The second kappa shape index (κ2) is 5.42. The van der Waals surface area contributed by atoms with E-state index in [1.807, 2.05) is 0 Å². The van der Waals surface area contributed by atoms with E-state index < -0.39 is 17.9 Å². The zero-order valence-corrected chi connectivity index (χ0v) is 10.6. The van der Waals surface area contributed by atoms with Crippen LogP contribution in [0.1, 0.15) is 28.0 Å². The van der Waals surface area contributed by atoms with E-state index in [-0.39, 0.29) is 22.1 Å². The van der Waals surface area contributed by atoms with Crippen LogP contribution in [0.2, 0.25) is 5.02 Å². The Morgan fingerprint density at radius 2 is 2.16 bits per heavy atom. The van der Waals surface area contributed by atoms with Gasteiger partial charge in [0.2, 0.25) is 5.76 Å². The zero-order chi connectivity index (χ0) is 14.0. The Bertz CT molecular complexity index is 608. The number of benzene rings is 1. The van der Waals surface area contributed by atoms with Crippen molar-refractivity contribution in [2.45, 2.75) is 6.10 Å². The smallest absolute Gasteiger partial charge is 0.373 e. The molecule has 6 heteroatoms. The van der Waals surface area contributed by atoms with Gasteiger partial charge in [0.15, 0.2) is 0 Å². The molecule has 0 spiro atoms. The van der Waals surface area contributed by atoms with Crippen LogP contribution in [0.5, 0.6) is 0 Å². The minimum absolute atomic E-state index is 0.0361. The van der Waals surface area contributed by atoms with Crippen LogP contribution in [0.4, 0.5) is 4.39 Å². The van der Waals surface area contributed by atoms with E-state index >= 15 is 0 Å². The van der Waals surface area contributed by atoms with Crippen molar-refractivity contribution in [3.63, 3.8) is 0 Å². The lowest BCUT2D eigenvalue weighted by Crippen LogP contribution is -2.00. The van der Waals surface area contributed by atoms with E-state index in [4.69, 9.17) is 16.0 Å². The van der Waals surface area contributed by atoms with E-state index in [1.54, 1.807) is 0 Å². The summed E-state index contributed by atoms with van der Waals surface area (Å²) in [5, 5.41) is 9.98. The topological polar surface area (TPSA) is 59.7 Å². The van der Waals surface area contributed by atoms with Crippen LogP contribution < -0.4 is 0 Å². The van der Waals surface area contributed by atoms with Gasteiger partial charge in [-0.2, -0.15) is 0 Å². The number of halogens is 2. The highest BCUT2D eigenvalue weighted by atomic mass is 35.5. The Labute approximate surface area is 113 Å². The molecule has 0 saturated heterocycles. The molecule has 0 aliphatic rings. The highest BCUT2D eigenvalue weighted by molar-refractivity contribution is 6.30.